The third-order valence-corrected chi connectivity index (χ3v) is 6.55. The maximum absolute atomic E-state index is 13.2. The molecule has 14 heteroatoms. The van der Waals surface area contributed by atoms with Gasteiger partial charge in [-0.2, -0.15) is 11.8 Å². The lowest BCUT2D eigenvalue weighted by Crippen LogP contribution is -2.58. The Bertz CT molecular complexity index is 751. The number of carbonyl (C=O) groups excluding carboxylic acids is 3. The second-order valence-electron chi connectivity index (χ2n) is 8.95. The number of carboxylic acids is 1. The van der Waals surface area contributed by atoms with Crippen LogP contribution in [0.25, 0.3) is 0 Å². The van der Waals surface area contributed by atoms with Crippen LogP contribution in [-0.2, 0) is 19.2 Å². The highest BCUT2D eigenvalue weighted by molar-refractivity contribution is 7.98. The van der Waals surface area contributed by atoms with Crippen molar-refractivity contribution in [3.05, 3.63) is 0 Å². The van der Waals surface area contributed by atoms with Crippen molar-refractivity contribution in [2.45, 2.75) is 83.0 Å². The second kappa shape index (κ2) is 19.5. The van der Waals surface area contributed by atoms with Crippen LogP contribution < -0.4 is 38.9 Å². The van der Waals surface area contributed by atoms with E-state index in [9.17, 15) is 24.3 Å². The number of hydrogen-bond acceptors (Lipinski definition) is 8. The molecule has 12 N–H and O–H groups in total. The molecule has 5 unspecified atom stereocenters. The van der Waals surface area contributed by atoms with Gasteiger partial charge in [0.15, 0.2) is 5.96 Å². The first-order valence-electron chi connectivity index (χ1n) is 12.6. The molecule has 0 bridgehead atoms. The molecule has 0 aromatic heterocycles. The van der Waals surface area contributed by atoms with E-state index in [1.165, 1.54) is 0 Å². The summed E-state index contributed by atoms with van der Waals surface area (Å²) in [4.78, 5) is 54.5. The van der Waals surface area contributed by atoms with Gasteiger partial charge in [-0.05, 0) is 63.0 Å². The van der Waals surface area contributed by atoms with Gasteiger partial charge in [0.05, 0.1) is 6.04 Å². The average Bonchev–Trinajstić information content (AvgIpc) is 2.85. The summed E-state index contributed by atoms with van der Waals surface area (Å²) in [5.74, 6) is -2.53. The molecule has 0 fully saturated rings. The average molecular weight is 547 g/mol. The second-order valence-corrected chi connectivity index (χ2v) is 9.94. The van der Waals surface area contributed by atoms with E-state index in [0.29, 0.717) is 44.4 Å². The lowest BCUT2D eigenvalue weighted by atomic mass is 9.96. The normalized spacial score (nSPS) is 14.9. The van der Waals surface area contributed by atoms with E-state index >= 15 is 0 Å². The number of thioether (sulfide) groups is 1. The van der Waals surface area contributed by atoms with Crippen molar-refractivity contribution in [2.24, 2.45) is 33.8 Å². The van der Waals surface area contributed by atoms with E-state index in [1.807, 2.05) is 13.2 Å². The first-order chi connectivity index (χ1) is 17.5. The predicted octanol–water partition coefficient (Wildman–Crippen LogP) is -1.17. The molecule has 37 heavy (non-hydrogen) atoms. The number of hydrogen-bond donors (Lipinski definition) is 8. The number of nitrogens with one attached hydrogen (secondary N) is 3. The van der Waals surface area contributed by atoms with Crippen molar-refractivity contribution >= 4 is 41.4 Å². The van der Waals surface area contributed by atoms with Gasteiger partial charge < -0.3 is 44.0 Å². The zero-order valence-electron chi connectivity index (χ0n) is 22.2. The minimum atomic E-state index is -1.16. The van der Waals surface area contributed by atoms with Crippen molar-refractivity contribution in [3.63, 3.8) is 0 Å². The summed E-state index contributed by atoms with van der Waals surface area (Å²) in [6.07, 6.45) is 4.86. The molecule has 3 amide bonds. The molecule has 0 heterocycles. The van der Waals surface area contributed by atoms with E-state index in [1.54, 1.807) is 18.7 Å². The molecular formula is C23H46N8O5S. The van der Waals surface area contributed by atoms with Crippen LogP contribution >= 0.6 is 11.8 Å². The number of aliphatic carboxylic acids is 1. The highest BCUT2D eigenvalue weighted by atomic mass is 32.2. The van der Waals surface area contributed by atoms with E-state index in [2.05, 4.69) is 20.9 Å². The summed E-state index contributed by atoms with van der Waals surface area (Å²) in [5.41, 5.74) is 22.1. The molecule has 0 saturated heterocycles. The van der Waals surface area contributed by atoms with Crippen molar-refractivity contribution in [1.29, 1.82) is 0 Å². The predicted molar refractivity (Wildman–Crippen MR) is 147 cm³/mol. The van der Waals surface area contributed by atoms with Crippen molar-refractivity contribution in [3.8, 4) is 0 Å². The Hall–Kier alpha value is -2.58. The number of amides is 3. The highest BCUT2D eigenvalue weighted by Crippen LogP contribution is 2.11. The SMILES string of the molecule is CCC(C)C(NC(=O)C(CCCN=C(N)N)NC(=O)C(N)CCSC)C(=O)NC(CCCCN)C(=O)O. The molecule has 0 aromatic rings. The molecule has 0 spiro atoms. The van der Waals surface area contributed by atoms with Crippen LogP contribution in [0, 0.1) is 5.92 Å². The number of unbranched alkanes of at least 4 members (excludes halogenated alkanes) is 1. The Kier molecular flexibility index (Phi) is 18.2. The van der Waals surface area contributed by atoms with Gasteiger partial charge in [-0.25, -0.2) is 4.79 Å². The van der Waals surface area contributed by atoms with Crippen LogP contribution in [-0.4, -0.2) is 84.0 Å². The maximum atomic E-state index is 13.2. The largest absolute Gasteiger partial charge is 0.480 e. The number of aliphatic imine (C=N–C) groups is 1. The van der Waals surface area contributed by atoms with Crippen molar-refractivity contribution in [1.82, 2.24) is 16.0 Å². The summed E-state index contributed by atoms with van der Waals surface area (Å²) in [6, 6.07) is -3.89. The molecule has 13 nitrogen and oxygen atoms in total. The first kappa shape index (κ1) is 34.4. The number of nitrogens with zero attached hydrogens (tertiary/aromatic N) is 1. The van der Waals surface area contributed by atoms with Gasteiger partial charge in [0.1, 0.15) is 18.1 Å². The molecule has 0 aromatic carbocycles. The number of carbonyl (C=O) groups is 4. The number of carboxylic acid groups (broad SMARTS) is 1. The zero-order chi connectivity index (χ0) is 28.4. The van der Waals surface area contributed by atoms with E-state index < -0.39 is 47.9 Å². The molecule has 5 atom stereocenters. The lowest BCUT2D eigenvalue weighted by Gasteiger charge is -2.28. The molecule has 0 saturated carbocycles. The topological polar surface area (TPSA) is 241 Å². The molecule has 0 radical (unpaired) electrons. The lowest BCUT2D eigenvalue weighted by molar-refractivity contribution is -0.143. The Morgan fingerprint density at radius 2 is 1.54 bits per heavy atom. The van der Waals surface area contributed by atoms with Gasteiger partial charge in [-0.3, -0.25) is 19.4 Å². The Morgan fingerprint density at radius 1 is 0.919 bits per heavy atom. The maximum Gasteiger partial charge on any atom is 0.326 e. The molecular weight excluding hydrogens is 500 g/mol. The van der Waals surface area contributed by atoms with Crippen molar-refractivity contribution < 1.29 is 24.3 Å². The number of guanidine groups is 1. The fraction of sp³-hybridized carbons (Fsp3) is 0.783. The summed E-state index contributed by atoms with van der Waals surface area (Å²) in [7, 11) is 0. The minimum Gasteiger partial charge on any atom is -0.480 e. The van der Waals surface area contributed by atoms with Crippen LogP contribution in [0.1, 0.15) is 58.8 Å². The van der Waals surface area contributed by atoms with Gasteiger partial charge in [0.25, 0.3) is 0 Å². The highest BCUT2D eigenvalue weighted by Gasteiger charge is 2.32. The van der Waals surface area contributed by atoms with E-state index in [4.69, 9.17) is 22.9 Å². The molecule has 0 aliphatic heterocycles. The molecule has 214 valence electrons. The minimum absolute atomic E-state index is 0.0860. The summed E-state index contributed by atoms with van der Waals surface area (Å²) in [5, 5.41) is 17.4. The van der Waals surface area contributed by atoms with Crippen LogP contribution in [0.4, 0.5) is 0 Å². The van der Waals surface area contributed by atoms with Crippen LogP contribution in [0.2, 0.25) is 0 Å². The number of nitrogens with two attached hydrogens (primary N) is 4. The van der Waals surface area contributed by atoms with Crippen LogP contribution in [0.5, 0.6) is 0 Å². The summed E-state index contributed by atoms with van der Waals surface area (Å²) < 4.78 is 0. The number of rotatable bonds is 20. The Morgan fingerprint density at radius 3 is 2.08 bits per heavy atom. The smallest absolute Gasteiger partial charge is 0.326 e. The van der Waals surface area contributed by atoms with Gasteiger partial charge in [0, 0.05) is 6.54 Å². The van der Waals surface area contributed by atoms with Crippen LogP contribution in [0.15, 0.2) is 4.99 Å². The molecule has 0 aliphatic carbocycles. The monoisotopic (exact) mass is 546 g/mol. The van der Waals surface area contributed by atoms with Gasteiger partial charge in [0.2, 0.25) is 17.7 Å². The van der Waals surface area contributed by atoms with Gasteiger partial charge in [-0.1, -0.05) is 20.3 Å². The third-order valence-electron chi connectivity index (χ3n) is 5.90. The van der Waals surface area contributed by atoms with E-state index in [0.717, 1.165) is 0 Å². The summed E-state index contributed by atoms with van der Waals surface area (Å²) in [6.45, 7) is 4.30. The summed E-state index contributed by atoms with van der Waals surface area (Å²) >= 11 is 1.55. The zero-order valence-corrected chi connectivity index (χ0v) is 23.0. The van der Waals surface area contributed by atoms with E-state index in [-0.39, 0.29) is 31.3 Å². The fourth-order valence-electron chi connectivity index (χ4n) is 3.39. The van der Waals surface area contributed by atoms with Gasteiger partial charge >= 0.3 is 5.97 Å². The molecule has 0 rings (SSSR count). The fourth-order valence-corrected chi connectivity index (χ4v) is 3.88. The molecule has 0 aliphatic rings. The van der Waals surface area contributed by atoms with Gasteiger partial charge in [-0.15, -0.1) is 0 Å². The first-order valence-corrected chi connectivity index (χ1v) is 14.0. The standard InChI is InChI=1S/C23H46N8O5S/c1-4-14(2)18(21(34)30-17(22(35)36)8-5-6-11-24)31-20(33)16(9-7-12-28-23(26)27)29-19(32)15(25)10-13-37-3/h14-18H,4-13,24-25H2,1-3H3,(H,29,32)(H,30,34)(H,31,33)(H,35,36)(H4,26,27,28). The Balaban J connectivity index is 5.58. The Labute approximate surface area is 223 Å². The van der Waals surface area contributed by atoms with Crippen molar-refractivity contribution in [2.75, 3.05) is 25.1 Å². The van der Waals surface area contributed by atoms with Crippen LogP contribution in [0.3, 0.4) is 0 Å². The third kappa shape index (κ3) is 14.7. The quantitative estimate of drug-likeness (QED) is 0.0517.